The Balaban J connectivity index is 1.25. The highest BCUT2D eigenvalue weighted by atomic mass is 32.3. The second-order valence-corrected chi connectivity index (χ2v) is 29.9. The van der Waals surface area contributed by atoms with Gasteiger partial charge in [0.05, 0.1) is 67.6 Å². The lowest BCUT2D eigenvalue weighted by Gasteiger charge is -2.50. The van der Waals surface area contributed by atoms with E-state index in [0.717, 1.165) is 35.9 Å². The molecule has 0 bridgehead atoms. The highest BCUT2D eigenvalue weighted by molar-refractivity contribution is 8.00. The Morgan fingerprint density at radius 3 is 1.71 bits per heavy atom. The molecule has 0 radical (unpaired) electrons. The summed E-state index contributed by atoms with van der Waals surface area (Å²) in [7, 11) is -16.2. The first-order chi connectivity index (χ1) is 49.4. The Bertz CT molecular complexity index is 3000. The van der Waals surface area contributed by atoms with Crippen LogP contribution in [-0.2, 0) is 163 Å². The minimum Gasteiger partial charge on any atom is -0.438 e. The van der Waals surface area contributed by atoms with Gasteiger partial charge < -0.3 is 67.5 Å². The maximum absolute atomic E-state index is 13.3. The number of rotatable bonds is 52. The van der Waals surface area contributed by atoms with Crippen molar-refractivity contribution in [1.82, 2.24) is 26.8 Å². The number of hydrogen-bond donors (Lipinski definition) is 10. The summed E-state index contributed by atoms with van der Waals surface area (Å²) in [5.74, 6) is -7.63. The summed E-state index contributed by atoms with van der Waals surface area (Å²) >= 11 is 1.82. The zero-order valence-corrected chi connectivity index (χ0v) is 61.6. The lowest BCUT2D eigenvalue weighted by molar-refractivity contribution is -0.499. The fourth-order valence-electron chi connectivity index (χ4n) is 11.2. The molecule has 21 atom stereocenters. The van der Waals surface area contributed by atoms with Crippen molar-refractivity contribution in [3.05, 3.63) is 0 Å². The number of unbranched alkanes of at least 4 members (excludes halogenated alkanes) is 2. The third-order valence-electron chi connectivity index (χ3n) is 16.6. The van der Waals surface area contributed by atoms with E-state index in [1.807, 2.05) is 0 Å². The van der Waals surface area contributed by atoms with Gasteiger partial charge in [-0.05, 0) is 23.6 Å². The molecular weight excluding hydrogens is 1540 g/mol. The second kappa shape index (κ2) is 46.2. The highest BCUT2D eigenvalue weighted by Gasteiger charge is 2.57. The van der Waals surface area contributed by atoms with E-state index < -0.39 is 200 Å². The molecule has 51 heteroatoms. The minimum atomic E-state index is -5.61. The smallest absolute Gasteiger partial charge is 0.397 e. The molecule has 4 amide bonds. The monoisotopic (exact) mass is 1630 g/mol. The van der Waals surface area contributed by atoms with Crippen molar-refractivity contribution in [3.8, 4) is 0 Å². The number of carbonyl (C=O) groups is 7. The zero-order valence-electron chi connectivity index (χ0n) is 56.7. The molecule has 9 unspecified atom stereocenters. The average Bonchev–Trinajstić information content (AvgIpc) is 0.913. The fraction of sp³-hybridized carbons (Fsp3) is 0.868. The van der Waals surface area contributed by atoms with Crippen LogP contribution in [0.25, 0.3) is 0 Å². The highest BCUT2D eigenvalue weighted by Crippen LogP contribution is 2.45. The van der Waals surface area contributed by atoms with Crippen LogP contribution in [0.15, 0.2) is 0 Å². The molecule has 5 fully saturated rings. The molecule has 0 aromatic heterocycles. The molecule has 5 aliphatic heterocycles. The fourth-order valence-corrected chi connectivity index (χ4v) is 15.2. The van der Waals surface area contributed by atoms with Crippen molar-refractivity contribution in [2.75, 3.05) is 71.6 Å². The van der Waals surface area contributed by atoms with E-state index in [1.54, 1.807) is 11.3 Å². The quantitative estimate of drug-likeness (QED) is 0.00694. The van der Waals surface area contributed by atoms with E-state index >= 15 is 0 Å². The normalized spacial score (nSPS) is 31.3. The molecule has 0 aromatic carbocycles. The van der Waals surface area contributed by atoms with Gasteiger partial charge in [-0.1, -0.05) is 59.4 Å². The number of hydrogen-bond acceptors (Lipinski definition) is 42. The Labute approximate surface area is 609 Å². The van der Waals surface area contributed by atoms with Crippen LogP contribution >= 0.6 is 35.8 Å². The molecule has 10 N–H and O–H groups in total. The van der Waals surface area contributed by atoms with Gasteiger partial charge in [-0.15, -0.1) is 21.7 Å². The molecule has 104 heavy (non-hydrogen) atoms. The van der Waals surface area contributed by atoms with E-state index in [2.05, 4.69) is 36.8 Å². The molecule has 0 aliphatic carbocycles. The predicted octanol–water partition coefficient (Wildman–Crippen LogP) is -0.553. The third-order valence-corrected chi connectivity index (χ3v) is 21.3. The van der Waals surface area contributed by atoms with E-state index in [-0.39, 0.29) is 96.2 Å². The number of ketones is 1. The van der Waals surface area contributed by atoms with Crippen molar-refractivity contribution >= 4 is 109 Å². The summed E-state index contributed by atoms with van der Waals surface area (Å²) in [5.41, 5.74) is 3.36. The third kappa shape index (κ3) is 30.4. The second-order valence-electron chi connectivity index (χ2n) is 23.6. The largest absolute Gasteiger partial charge is 0.438 e. The van der Waals surface area contributed by atoms with Gasteiger partial charge >= 0.3 is 31.2 Å². The lowest BCUT2D eigenvalue weighted by Crippen LogP contribution is -2.63. The standard InChI is InChI=1S/C53H89N5O40S6/c1-7-8-9-14-54-38(63)12-17-78-20-21-79-19-15-55-37(62)10-16-58-39(64)23-36(47(58)65)99-22-13-33(61)11-18-80-52-45(100-96-56-94-66)31(5)41(35(85-52)25-84-102(69,70)71)88-51-44(93-104(75,76)77)30(4)42(49(91-51)82-27-60)89-53-46(101-97-57-95-67)32(6)40(34(86-53)24-83-98-68)87-50-43(92-103(72,73)74)28(2)29(3)48(90-50)81-26-59/h26-32,34-36,40-46,48-53,56-57,66-68H,7-25H2,1-6H3,(H,54,63)(H,55,62)(H,69,70,71)(H,72,73,74)(H,75,76,77)/t28?,29-,30+,31-,32?,34-,35?,36?,40-,41-,42-,43?,44?,45?,46?,48+,49?,50+,51+,52+,53+/m0/s1. The summed E-state index contributed by atoms with van der Waals surface area (Å²) in [6.45, 7) is 7.93. The summed E-state index contributed by atoms with van der Waals surface area (Å²) in [4.78, 5) is 101. The van der Waals surface area contributed by atoms with Crippen LogP contribution in [-0.4, -0.2) is 270 Å². The van der Waals surface area contributed by atoms with Crippen LogP contribution in [0.1, 0.15) is 92.9 Å². The van der Waals surface area contributed by atoms with Gasteiger partial charge in [0.1, 0.15) is 42.9 Å². The van der Waals surface area contributed by atoms with Gasteiger partial charge in [-0.2, -0.15) is 25.3 Å². The van der Waals surface area contributed by atoms with Crippen LogP contribution in [0, 0.1) is 29.6 Å². The van der Waals surface area contributed by atoms with E-state index in [4.69, 9.17) is 89.2 Å². The average molecular weight is 1630 g/mol. The zero-order chi connectivity index (χ0) is 76.7. The number of ether oxygens (including phenoxy) is 12. The van der Waals surface area contributed by atoms with Gasteiger partial charge in [0, 0.05) is 105 Å². The van der Waals surface area contributed by atoms with Crippen molar-refractivity contribution in [3.63, 3.8) is 0 Å². The van der Waals surface area contributed by atoms with Gasteiger partial charge in [-0.3, -0.25) is 52.1 Å². The van der Waals surface area contributed by atoms with Gasteiger partial charge in [0.25, 0.3) is 12.9 Å². The molecule has 0 spiro atoms. The van der Waals surface area contributed by atoms with Crippen LogP contribution < -0.4 is 21.9 Å². The van der Waals surface area contributed by atoms with Crippen LogP contribution in [0.2, 0.25) is 0 Å². The van der Waals surface area contributed by atoms with Crippen LogP contribution in [0.3, 0.4) is 0 Å². The number of thioether (sulfide) groups is 1. The minimum absolute atomic E-state index is 0.0363. The number of carbonyl (C=O) groups excluding carboxylic acids is 7. The maximum Gasteiger partial charge on any atom is 0.397 e. The Hall–Kier alpha value is -3.49. The van der Waals surface area contributed by atoms with Crippen molar-refractivity contribution in [1.29, 1.82) is 0 Å². The number of nitrogens with zero attached hydrogens (tertiary/aromatic N) is 1. The van der Waals surface area contributed by atoms with Gasteiger partial charge in [0.15, 0.2) is 25.2 Å². The summed E-state index contributed by atoms with van der Waals surface area (Å²) in [5, 5.41) is 33.2. The number of Topliss-reactive ketones (excluding diaryl/α,β-unsaturated/α-hetero) is 1. The molecule has 5 aliphatic rings. The van der Waals surface area contributed by atoms with Crippen molar-refractivity contribution in [2.45, 2.75) is 189 Å². The topological polar surface area (TPSA) is 588 Å². The molecule has 5 heterocycles. The van der Waals surface area contributed by atoms with Gasteiger partial charge in [-0.25, -0.2) is 41.8 Å². The molecule has 5 rings (SSSR count). The number of amides is 4. The Morgan fingerprint density at radius 2 is 1.12 bits per heavy atom. The maximum atomic E-state index is 13.3. The predicted molar refractivity (Wildman–Crippen MR) is 342 cm³/mol. The summed E-state index contributed by atoms with van der Waals surface area (Å²) < 4.78 is 199. The first-order valence-electron chi connectivity index (χ1n) is 32.0. The lowest BCUT2D eigenvalue weighted by atomic mass is 9.87. The summed E-state index contributed by atoms with van der Waals surface area (Å²) in [6, 6.07) is 0. The first-order valence-corrected chi connectivity index (χ1v) is 38.8. The van der Waals surface area contributed by atoms with Crippen LogP contribution in [0.5, 0.6) is 0 Å². The number of nitrogens with one attached hydrogen (secondary N) is 4. The molecule has 0 aromatic rings. The number of likely N-dealkylation sites (tertiary alicyclic amines) is 1. The molecule has 5 saturated heterocycles. The Morgan fingerprint density at radius 1 is 0.577 bits per heavy atom. The van der Waals surface area contributed by atoms with Crippen molar-refractivity contribution < 1.29 is 186 Å². The SMILES string of the molecule is CCCCCNC(=O)CCOCCOCCNC(=O)CCN1C(=O)CC(SCCC(=O)CCO[C@@H]2OC(COS(=O)(=O)O)[C@@H](O[C@@H]3OC(OC=O)[C@@H](O[C@H]4O[C@@H](COOO)[C@@H](O[C@@H]5O[C@@H](OC=O)[C@@H](C)C(C)C5OS(=O)(=O)O)C(C)C4SONOO)[C@@H](C)C3OS(=O)(=O)O)[C@H](C)C2SONOO)C1=O. The molecule has 602 valence electrons. The summed E-state index contributed by atoms with van der Waals surface area (Å²) in [6.07, 6.45) is -20.8. The number of imide groups is 1. The molecule has 45 nitrogen and oxygen atoms in total. The molecule has 0 saturated carbocycles. The van der Waals surface area contributed by atoms with E-state index in [9.17, 15) is 77.7 Å². The van der Waals surface area contributed by atoms with E-state index in [0.29, 0.717) is 30.6 Å². The van der Waals surface area contributed by atoms with Crippen molar-refractivity contribution in [2.24, 2.45) is 29.6 Å². The first kappa shape index (κ1) is 91.1. The van der Waals surface area contributed by atoms with E-state index in [1.165, 1.54) is 34.6 Å². The van der Waals surface area contributed by atoms with Crippen LogP contribution in [0.4, 0.5) is 0 Å². The Kier molecular flexibility index (Phi) is 40.5. The van der Waals surface area contributed by atoms with Gasteiger partial charge in [0.2, 0.25) is 36.2 Å². The molecular formula is C53H89N5O40S6.